The van der Waals surface area contributed by atoms with Crippen molar-refractivity contribution in [1.29, 1.82) is 0 Å². The van der Waals surface area contributed by atoms with Crippen molar-refractivity contribution in [3.63, 3.8) is 0 Å². The Morgan fingerprint density at radius 3 is 2.59 bits per heavy atom. The SMILES string of the molecule is CCn1ccc2cc(NC(=O)c3cccc(S(=O)(=O)N4CCCCC4)c3)ccc21. The predicted molar refractivity (Wildman–Crippen MR) is 115 cm³/mol. The van der Waals surface area contributed by atoms with Gasteiger partial charge in [-0.05, 0) is 62.2 Å². The maximum atomic E-state index is 12.9. The van der Waals surface area contributed by atoms with E-state index in [2.05, 4.69) is 16.8 Å². The Morgan fingerprint density at radius 1 is 1.03 bits per heavy atom. The van der Waals surface area contributed by atoms with Crippen molar-refractivity contribution in [2.75, 3.05) is 18.4 Å². The van der Waals surface area contributed by atoms with Crippen LogP contribution in [0.5, 0.6) is 0 Å². The minimum absolute atomic E-state index is 0.169. The molecule has 1 amide bonds. The molecule has 152 valence electrons. The molecule has 1 N–H and O–H groups in total. The lowest BCUT2D eigenvalue weighted by molar-refractivity contribution is 0.102. The summed E-state index contributed by atoms with van der Waals surface area (Å²) < 4.78 is 29.4. The average Bonchev–Trinajstić information content (AvgIpc) is 3.17. The van der Waals surface area contributed by atoms with Crippen molar-refractivity contribution in [3.05, 3.63) is 60.3 Å². The summed E-state index contributed by atoms with van der Waals surface area (Å²) in [5.74, 6) is -0.324. The summed E-state index contributed by atoms with van der Waals surface area (Å²) in [6, 6.07) is 14.1. The number of nitrogens with zero attached hydrogens (tertiary/aromatic N) is 2. The normalized spacial score (nSPS) is 15.5. The maximum absolute atomic E-state index is 12.9. The number of hydrogen-bond acceptors (Lipinski definition) is 3. The van der Waals surface area contributed by atoms with Gasteiger partial charge in [-0.25, -0.2) is 8.42 Å². The highest BCUT2D eigenvalue weighted by Crippen LogP contribution is 2.23. The van der Waals surface area contributed by atoms with Crippen molar-refractivity contribution in [2.24, 2.45) is 0 Å². The number of sulfonamides is 1. The topological polar surface area (TPSA) is 71.4 Å². The molecule has 1 aliphatic heterocycles. The van der Waals surface area contributed by atoms with Gasteiger partial charge in [-0.1, -0.05) is 12.5 Å². The van der Waals surface area contributed by atoms with Gasteiger partial charge in [-0.15, -0.1) is 0 Å². The summed E-state index contributed by atoms with van der Waals surface area (Å²) in [7, 11) is -3.57. The van der Waals surface area contributed by atoms with Crippen LogP contribution >= 0.6 is 0 Å². The van der Waals surface area contributed by atoms with E-state index < -0.39 is 10.0 Å². The maximum Gasteiger partial charge on any atom is 0.255 e. The first-order valence-corrected chi connectivity index (χ1v) is 11.4. The van der Waals surface area contributed by atoms with Gasteiger partial charge in [0, 0.05) is 48.0 Å². The molecule has 4 rings (SSSR count). The van der Waals surface area contributed by atoms with Crippen LogP contribution in [-0.2, 0) is 16.6 Å². The third kappa shape index (κ3) is 3.93. The number of fused-ring (bicyclic) bond motifs is 1. The van der Waals surface area contributed by atoms with E-state index in [-0.39, 0.29) is 10.8 Å². The number of benzene rings is 2. The van der Waals surface area contributed by atoms with E-state index in [9.17, 15) is 13.2 Å². The second kappa shape index (κ2) is 8.00. The zero-order valence-electron chi connectivity index (χ0n) is 16.5. The van der Waals surface area contributed by atoms with Gasteiger partial charge in [0.1, 0.15) is 0 Å². The van der Waals surface area contributed by atoms with Gasteiger partial charge in [-0.2, -0.15) is 4.31 Å². The van der Waals surface area contributed by atoms with Gasteiger partial charge in [0.25, 0.3) is 5.91 Å². The number of aryl methyl sites for hydroxylation is 1. The third-order valence-corrected chi connectivity index (χ3v) is 7.31. The molecule has 1 saturated heterocycles. The first-order valence-electron chi connectivity index (χ1n) is 9.99. The molecule has 0 atom stereocenters. The Kier molecular flexibility index (Phi) is 5.43. The van der Waals surface area contributed by atoms with Crippen LogP contribution in [0.3, 0.4) is 0 Å². The molecule has 1 fully saturated rings. The average molecular weight is 412 g/mol. The molecule has 7 heteroatoms. The molecule has 0 aliphatic carbocycles. The van der Waals surface area contributed by atoms with Crippen LogP contribution in [0.2, 0.25) is 0 Å². The smallest absolute Gasteiger partial charge is 0.255 e. The molecule has 29 heavy (non-hydrogen) atoms. The molecule has 0 saturated carbocycles. The number of piperidine rings is 1. The van der Waals surface area contributed by atoms with Crippen molar-refractivity contribution < 1.29 is 13.2 Å². The Balaban J connectivity index is 1.55. The fraction of sp³-hybridized carbons (Fsp3) is 0.318. The Morgan fingerprint density at radius 2 is 1.83 bits per heavy atom. The van der Waals surface area contributed by atoms with Gasteiger partial charge in [0.15, 0.2) is 0 Å². The van der Waals surface area contributed by atoms with E-state index in [1.807, 2.05) is 30.5 Å². The number of anilines is 1. The Hall–Kier alpha value is -2.64. The highest BCUT2D eigenvalue weighted by molar-refractivity contribution is 7.89. The van der Waals surface area contributed by atoms with E-state index in [4.69, 9.17) is 0 Å². The van der Waals surface area contributed by atoms with E-state index in [0.29, 0.717) is 24.3 Å². The van der Waals surface area contributed by atoms with Crippen LogP contribution in [0.25, 0.3) is 10.9 Å². The van der Waals surface area contributed by atoms with E-state index in [1.165, 1.54) is 10.4 Å². The van der Waals surface area contributed by atoms with E-state index in [1.54, 1.807) is 18.2 Å². The number of aromatic nitrogens is 1. The molecule has 0 radical (unpaired) electrons. The molecule has 0 bridgehead atoms. The van der Waals surface area contributed by atoms with Crippen molar-refractivity contribution in [3.8, 4) is 0 Å². The lowest BCUT2D eigenvalue weighted by Gasteiger charge is -2.26. The van der Waals surface area contributed by atoms with Gasteiger partial charge >= 0.3 is 0 Å². The second-order valence-corrected chi connectivity index (χ2v) is 9.26. The van der Waals surface area contributed by atoms with E-state index >= 15 is 0 Å². The first kappa shape index (κ1) is 19.7. The fourth-order valence-electron chi connectivity index (χ4n) is 3.81. The number of carbonyl (C=O) groups is 1. The fourth-order valence-corrected chi connectivity index (χ4v) is 5.37. The minimum atomic E-state index is -3.57. The molecule has 2 aromatic carbocycles. The number of nitrogens with one attached hydrogen (secondary N) is 1. The molecular formula is C22H25N3O3S. The monoisotopic (exact) mass is 411 g/mol. The van der Waals surface area contributed by atoms with Crippen LogP contribution in [0.1, 0.15) is 36.5 Å². The summed E-state index contributed by atoms with van der Waals surface area (Å²) in [6.07, 6.45) is 4.83. The van der Waals surface area contributed by atoms with Crippen LogP contribution in [0.4, 0.5) is 5.69 Å². The molecule has 6 nitrogen and oxygen atoms in total. The summed E-state index contributed by atoms with van der Waals surface area (Å²) >= 11 is 0. The minimum Gasteiger partial charge on any atom is -0.348 e. The molecule has 0 spiro atoms. The Bertz CT molecular complexity index is 1150. The Labute approximate surface area is 171 Å². The second-order valence-electron chi connectivity index (χ2n) is 7.32. The number of carbonyl (C=O) groups excluding carboxylic acids is 1. The molecule has 1 aliphatic rings. The lowest BCUT2D eigenvalue weighted by Crippen LogP contribution is -2.35. The lowest BCUT2D eigenvalue weighted by atomic mass is 10.2. The summed E-state index contributed by atoms with van der Waals surface area (Å²) in [5, 5.41) is 3.93. The zero-order valence-corrected chi connectivity index (χ0v) is 17.3. The van der Waals surface area contributed by atoms with Crippen LogP contribution in [0.15, 0.2) is 59.6 Å². The van der Waals surface area contributed by atoms with Gasteiger partial charge in [-0.3, -0.25) is 4.79 Å². The summed E-state index contributed by atoms with van der Waals surface area (Å²) in [4.78, 5) is 12.9. The van der Waals surface area contributed by atoms with E-state index in [0.717, 1.165) is 36.7 Å². The summed E-state index contributed by atoms with van der Waals surface area (Å²) in [5.41, 5.74) is 2.12. The molecular weight excluding hydrogens is 386 g/mol. The van der Waals surface area contributed by atoms with Crippen LogP contribution in [0, 0.1) is 0 Å². The van der Waals surface area contributed by atoms with Gasteiger partial charge in [0.2, 0.25) is 10.0 Å². The molecule has 2 heterocycles. The molecule has 3 aromatic rings. The highest BCUT2D eigenvalue weighted by atomic mass is 32.2. The first-order chi connectivity index (χ1) is 14.0. The number of amides is 1. The van der Waals surface area contributed by atoms with Crippen LogP contribution < -0.4 is 5.32 Å². The van der Waals surface area contributed by atoms with Crippen LogP contribution in [-0.4, -0.2) is 36.3 Å². The molecule has 1 aromatic heterocycles. The quantitative estimate of drug-likeness (QED) is 0.687. The number of hydrogen-bond donors (Lipinski definition) is 1. The third-order valence-electron chi connectivity index (χ3n) is 5.42. The van der Waals surface area contributed by atoms with Gasteiger partial charge < -0.3 is 9.88 Å². The summed E-state index contributed by atoms with van der Waals surface area (Å²) in [6.45, 7) is 4.04. The standard InChI is InChI=1S/C22H25N3O3S/c1-2-24-14-11-17-15-19(9-10-21(17)24)23-22(26)18-7-6-8-20(16-18)29(27,28)25-12-4-3-5-13-25/h6-11,14-16H,2-5,12-13H2,1H3,(H,23,26). The van der Waals surface area contributed by atoms with Gasteiger partial charge in [0.05, 0.1) is 4.90 Å². The predicted octanol–water partition coefficient (Wildman–Crippen LogP) is 4.09. The van der Waals surface area contributed by atoms with Crippen molar-refractivity contribution >= 4 is 32.5 Å². The molecule has 0 unspecified atom stereocenters. The van der Waals surface area contributed by atoms with Crippen molar-refractivity contribution in [1.82, 2.24) is 8.87 Å². The zero-order chi connectivity index (χ0) is 20.4. The highest BCUT2D eigenvalue weighted by Gasteiger charge is 2.26. The van der Waals surface area contributed by atoms with Crippen molar-refractivity contribution in [2.45, 2.75) is 37.6 Å². The number of rotatable bonds is 5. The largest absolute Gasteiger partial charge is 0.348 e.